The van der Waals surface area contributed by atoms with Gasteiger partial charge in [-0.05, 0) is 44.5 Å². The highest BCUT2D eigenvalue weighted by Gasteiger charge is 2.14. The van der Waals surface area contributed by atoms with Crippen molar-refractivity contribution in [1.29, 1.82) is 0 Å². The Morgan fingerprint density at radius 3 is 2.59 bits per heavy atom. The van der Waals surface area contributed by atoms with Gasteiger partial charge in [0.05, 0.1) is 0 Å². The first-order valence-corrected chi connectivity index (χ1v) is 7.99. The number of nitrogens with one attached hydrogen (secondary N) is 1. The minimum Gasteiger partial charge on any atom is -0.340 e. The highest BCUT2D eigenvalue weighted by molar-refractivity contribution is 9.10. The summed E-state index contributed by atoms with van der Waals surface area (Å²) in [6.45, 7) is 7.24. The van der Waals surface area contributed by atoms with Crippen molar-refractivity contribution in [3.8, 4) is 0 Å². The Kier molecular flexibility index (Phi) is 5.49. The molecule has 0 bridgehead atoms. The molecule has 1 aromatic carbocycles. The summed E-state index contributed by atoms with van der Waals surface area (Å²) in [5, 5.41) is 3.20. The topological polar surface area (TPSA) is 58.1 Å². The van der Waals surface area contributed by atoms with Crippen molar-refractivity contribution in [2.75, 3.05) is 18.4 Å². The van der Waals surface area contributed by atoms with Gasteiger partial charge in [-0.25, -0.2) is 9.97 Å². The lowest BCUT2D eigenvalue weighted by Crippen LogP contribution is -2.31. The van der Waals surface area contributed by atoms with E-state index in [9.17, 15) is 4.79 Å². The fourth-order valence-electron chi connectivity index (χ4n) is 2.09. The maximum Gasteiger partial charge on any atom is 0.272 e. The Hall–Kier alpha value is -1.95. The number of amides is 1. The highest BCUT2D eigenvalue weighted by atomic mass is 79.9. The van der Waals surface area contributed by atoms with Gasteiger partial charge in [-0.15, -0.1) is 0 Å². The molecule has 0 aliphatic carbocycles. The zero-order valence-corrected chi connectivity index (χ0v) is 14.5. The Balaban J connectivity index is 2.21. The minimum atomic E-state index is -0.0811. The van der Waals surface area contributed by atoms with Crippen LogP contribution in [-0.2, 0) is 0 Å². The van der Waals surface area contributed by atoms with Crippen LogP contribution >= 0.6 is 15.9 Å². The van der Waals surface area contributed by atoms with Gasteiger partial charge in [0.1, 0.15) is 17.8 Å². The van der Waals surface area contributed by atoms with Crippen LogP contribution in [0.1, 0.15) is 29.9 Å². The van der Waals surface area contributed by atoms with Gasteiger partial charge in [-0.3, -0.25) is 4.79 Å². The molecular formula is C16H19BrN4O. The molecule has 1 heterocycles. The maximum atomic E-state index is 12.3. The molecule has 2 rings (SSSR count). The lowest BCUT2D eigenvalue weighted by atomic mass is 10.2. The molecule has 0 saturated carbocycles. The molecule has 0 aliphatic heterocycles. The Morgan fingerprint density at radius 2 is 1.95 bits per heavy atom. The average Bonchev–Trinajstić information content (AvgIpc) is 2.52. The molecule has 1 aromatic heterocycles. The normalized spacial score (nSPS) is 10.4. The van der Waals surface area contributed by atoms with Crippen molar-refractivity contribution in [1.82, 2.24) is 14.9 Å². The van der Waals surface area contributed by atoms with Crippen LogP contribution in [0.15, 0.2) is 35.1 Å². The van der Waals surface area contributed by atoms with Crippen molar-refractivity contribution in [3.05, 3.63) is 46.3 Å². The summed E-state index contributed by atoms with van der Waals surface area (Å²) in [7, 11) is 0. The van der Waals surface area contributed by atoms with E-state index in [4.69, 9.17) is 0 Å². The molecule has 5 nitrogen and oxygen atoms in total. The molecule has 0 unspecified atom stereocenters. The van der Waals surface area contributed by atoms with E-state index in [1.165, 1.54) is 6.33 Å². The largest absolute Gasteiger partial charge is 0.340 e. The third kappa shape index (κ3) is 3.82. The lowest BCUT2D eigenvalue weighted by Gasteiger charge is -2.18. The number of aromatic nitrogens is 2. The third-order valence-electron chi connectivity index (χ3n) is 3.37. The van der Waals surface area contributed by atoms with Gasteiger partial charge in [0.15, 0.2) is 0 Å². The second-order valence-electron chi connectivity index (χ2n) is 4.85. The quantitative estimate of drug-likeness (QED) is 0.879. The monoisotopic (exact) mass is 362 g/mol. The molecular weight excluding hydrogens is 344 g/mol. The van der Waals surface area contributed by atoms with E-state index in [0.717, 1.165) is 15.7 Å². The number of halogens is 1. The molecule has 6 heteroatoms. The number of hydrogen-bond donors (Lipinski definition) is 1. The number of rotatable bonds is 5. The second kappa shape index (κ2) is 7.35. The van der Waals surface area contributed by atoms with E-state index < -0.39 is 0 Å². The zero-order valence-electron chi connectivity index (χ0n) is 12.9. The molecule has 0 saturated heterocycles. The predicted molar refractivity (Wildman–Crippen MR) is 91.4 cm³/mol. The first-order valence-electron chi connectivity index (χ1n) is 7.19. The van der Waals surface area contributed by atoms with Crippen LogP contribution in [0.2, 0.25) is 0 Å². The number of benzene rings is 1. The van der Waals surface area contributed by atoms with Crippen LogP contribution in [0.4, 0.5) is 11.5 Å². The standard InChI is InChI=1S/C16H19BrN4O/c1-4-21(5-2)16(22)14-9-15(19-10-18-14)20-12-6-7-13(17)11(3)8-12/h6-10H,4-5H2,1-3H3,(H,18,19,20). The van der Waals surface area contributed by atoms with Crippen molar-refractivity contribution in [3.63, 3.8) is 0 Å². The number of aryl methyl sites for hydroxylation is 1. The summed E-state index contributed by atoms with van der Waals surface area (Å²) >= 11 is 3.47. The van der Waals surface area contributed by atoms with Gasteiger partial charge >= 0.3 is 0 Å². The van der Waals surface area contributed by atoms with Crippen LogP contribution in [0, 0.1) is 6.92 Å². The molecule has 116 valence electrons. The van der Waals surface area contributed by atoms with E-state index in [0.29, 0.717) is 24.6 Å². The fourth-order valence-corrected chi connectivity index (χ4v) is 2.33. The van der Waals surface area contributed by atoms with E-state index >= 15 is 0 Å². The van der Waals surface area contributed by atoms with Gasteiger partial charge in [0, 0.05) is 29.3 Å². The number of hydrogen-bond acceptors (Lipinski definition) is 4. The molecule has 0 aliphatic rings. The molecule has 1 N–H and O–H groups in total. The van der Waals surface area contributed by atoms with Crippen LogP contribution in [0.25, 0.3) is 0 Å². The van der Waals surface area contributed by atoms with Gasteiger partial charge in [0.25, 0.3) is 5.91 Å². The summed E-state index contributed by atoms with van der Waals surface area (Å²) in [6.07, 6.45) is 1.41. The highest BCUT2D eigenvalue weighted by Crippen LogP contribution is 2.22. The van der Waals surface area contributed by atoms with Crippen molar-refractivity contribution in [2.45, 2.75) is 20.8 Å². The van der Waals surface area contributed by atoms with Crippen LogP contribution in [0.5, 0.6) is 0 Å². The van der Waals surface area contributed by atoms with Crippen LogP contribution < -0.4 is 5.32 Å². The number of carbonyl (C=O) groups excluding carboxylic acids is 1. The van der Waals surface area contributed by atoms with E-state index in [-0.39, 0.29) is 5.91 Å². The SMILES string of the molecule is CCN(CC)C(=O)c1cc(Nc2ccc(Br)c(C)c2)ncn1. The number of anilines is 2. The van der Waals surface area contributed by atoms with E-state index in [2.05, 4.69) is 31.2 Å². The lowest BCUT2D eigenvalue weighted by molar-refractivity contribution is 0.0767. The first kappa shape index (κ1) is 16.4. The van der Waals surface area contributed by atoms with Gasteiger partial charge in [-0.1, -0.05) is 15.9 Å². The summed E-state index contributed by atoms with van der Waals surface area (Å²) in [6, 6.07) is 7.61. The smallest absolute Gasteiger partial charge is 0.272 e. The van der Waals surface area contributed by atoms with Gasteiger partial charge in [-0.2, -0.15) is 0 Å². The fraction of sp³-hybridized carbons (Fsp3) is 0.312. The predicted octanol–water partition coefficient (Wildman–Crippen LogP) is 3.77. The summed E-state index contributed by atoms with van der Waals surface area (Å²) in [5.41, 5.74) is 2.44. The summed E-state index contributed by atoms with van der Waals surface area (Å²) in [4.78, 5) is 22.3. The molecule has 22 heavy (non-hydrogen) atoms. The van der Waals surface area contributed by atoms with Crippen molar-refractivity contribution in [2.24, 2.45) is 0 Å². The second-order valence-corrected chi connectivity index (χ2v) is 5.71. The molecule has 0 atom stereocenters. The Bertz CT molecular complexity index is 671. The molecule has 0 fully saturated rings. The summed E-state index contributed by atoms with van der Waals surface area (Å²) < 4.78 is 1.05. The molecule has 0 radical (unpaired) electrons. The van der Waals surface area contributed by atoms with Gasteiger partial charge < -0.3 is 10.2 Å². The Morgan fingerprint density at radius 1 is 1.23 bits per heavy atom. The van der Waals surface area contributed by atoms with Crippen LogP contribution in [-0.4, -0.2) is 33.9 Å². The number of carbonyl (C=O) groups is 1. The Labute approximate surface area is 138 Å². The molecule has 0 spiro atoms. The third-order valence-corrected chi connectivity index (χ3v) is 4.26. The summed E-state index contributed by atoms with van der Waals surface area (Å²) in [5.74, 6) is 0.523. The minimum absolute atomic E-state index is 0.0811. The zero-order chi connectivity index (χ0) is 16.1. The molecule has 2 aromatic rings. The number of nitrogens with zero attached hydrogens (tertiary/aromatic N) is 3. The average molecular weight is 363 g/mol. The van der Waals surface area contributed by atoms with Gasteiger partial charge in [0.2, 0.25) is 0 Å². The molecule has 1 amide bonds. The van der Waals surface area contributed by atoms with E-state index in [1.807, 2.05) is 39.0 Å². The maximum absolute atomic E-state index is 12.3. The van der Waals surface area contributed by atoms with Crippen LogP contribution in [0.3, 0.4) is 0 Å². The first-order chi connectivity index (χ1) is 10.5. The van der Waals surface area contributed by atoms with Crippen molar-refractivity contribution < 1.29 is 4.79 Å². The van der Waals surface area contributed by atoms with Crippen molar-refractivity contribution >= 4 is 33.3 Å². The van der Waals surface area contributed by atoms with E-state index in [1.54, 1.807) is 11.0 Å².